The lowest BCUT2D eigenvalue weighted by atomic mass is 10.1. The van der Waals surface area contributed by atoms with Crippen molar-refractivity contribution < 1.29 is 5.11 Å². The van der Waals surface area contributed by atoms with Crippen LogP contribution in [0.15, 0.2) is 42.6 Å². The van der Waals surface area contributed by atoms with E-state index in [9.17, 15) is 5.11 Å². The van der Waals surface area contributed by atoms with E-state index < -0.39 is 6.10 Å². The van der Waals surface area contributed by atoms with Gasteiger partial charge in [0.2, 0.25) is 0 Å². The lowest BCUT2D eigenvalue weighted by Gasteiger charge is -2.19. The molecule has 0 spiro atoms. The number of anilines is 1. The Morgan fingerprint density at radius 3 is 2.37 bits per heavy atom. The van der Waals surface area contributed by atoms with Gasteiger partial charge in [0.05, 0.1) is 6.10 Å². The largest absolute Gasteiger partial charge is 0.389 e. The monoisotopic (exact) mass is 256 g/mol. The highest BCUT2D eigenvalue weighted by atomic mass is 16.3. The Hall–Kier alpha value is -1.87. The summed E-state index contributed by atoms with van der Waals surface area (Å²) in [6.45, 7) is 4.65. The van der Waals surface area contributed by atoms with Crippen molar-refractivity contribution in [3.63, 3.8) is 0 Å². The second-order valence-electron chi connectivity index (χ2n) is 4.97. The number of hydrogen-bond acceptors (Lipinski definition) is 3. The van der Waals surface area contributed by atoms with Gasteiger partial charge in [-0.3, -0.25) is 0 Å². The maximum atomic E-state index is 9.46. The Labute approximate surface area is 114 Å². The van der Waals surface area contributed by atoms with Gasteiger partial charge in [-0.25, -0.2) is 4.98 Å². The Kier molecular flexibility index (Phi) is 4.17. The van der Waals surface area contributed by atoms with Crippen molar-refractivity contribution in [2.45, 2.75) is 26.5 Å². The van der Waals surface area contributed by atoms with Crippen LogP contribution in [0.4, 0.5) is 5.82 Å². The van der Waals surface area contributed by atoms with Crippen LogP contribution in [-0.2, 0) is 6.54 Å². The zero-order chi connectivity index (χ0) is 13.8. The first-order valence-electron chi connectivity index (χ1n) is 6.47. The molecule has 0 aliphatic rings. The van der Waals surface area contributed by atoms with E-state index in [-0.39, 0.29) is 0 Å². The quantitative estimate of drug-likeness (QED) is 0.913. The molecule has 0 aliphatic carbocycles. The summed E-state index contributed by atoms with van der Waals surface area (Å²) in [6, 6.07) is 12.4. The molecule has 1 N–H and O–H groups in total. The van der Waals surface area contributed by atoms with Crippen LogP contribution in [0.3, 0.4) is 0 Å². The lowest BCUT2D eigenvalue weighted by molar-refractivity contribution is 0.199. The van der Waals surface area contributed by atoms with Crippen molar-refractivity contribution in [3.05, 3.63) is 59.3 Å². The zero-order valence-electron chi connectivity index (χ0n) is 11.7. The first-order chi connectivity index (χ1) is 9.06. The fourth-order valence-electron chi connectivity index (χ4n) is 1.92. The summed E-state index contributed by atoms with van der Waals surface area (Å²) < 4.78 is 0. The first kappa shape index (κ1) is 13.6. The van der Waals surface area contributed by atoms with Gasteiger partial charge < -0.3 is 10.0 Å². The summed E-state index contributed by atoms with van der Waals surface area (Å²) in [5.41, 5.74) is 3.37. The van der Waals surface area contributed by atoms with Gasteiger partial charge in [0.15, 0.2) is 0 Å². The third-order valence-electron chi connectivity index (χ3n) is 3.18. The molecule has 2 aromatic rings. The average Bonchev–Trinajstić information content (AvgIpc) is 2.41. The van der Waals surface area contributed by atoms with E-state index in [1.807, 2.05) is 19.2 Å². The summed E-state index contributed by atoms with van der Waals surface area (Å²) in [5.74, 6) is 0.907. The lowest BCUT2D eigenvalue weighted by Crippen LogP contribution is -2.17. The Morgan fingerprint density at radius 2 is 1.84 bits per heavy atom. The average molecular weight is 256 g/mol. The number of benzene rings is 1. The molecule has 1 heterocycles. The van der Waals surface area contributed by atoms with Crippen molar-refractivity contribution in [2.75, 3.05) is 11.9 Å². The number of aliphatic hydroxyl groups excluding tert-OH is 1. The number of nitrogens with zero attached hydrogens (tertiary/aromatic N) is 2. The Balaban J connectivity index is 2.07. The van der Waals surface area contributed by atoms with Gasteiger partial charge in [0, 0.05) is 19.8 Å². The van der Waals surface area contributed by atoms with Crippen molar-refractivity contribution in [1.82, 2.24) is 4.98 Å². The third kappa shape index (κ3) is 3.55. The van der Waals surface area contributed by atoms with Gasteiger partial charge in [-0.05, 0) is 31.0 Å². The van der Waals surface area contributed by atoms with Crippen LogP contribution in [0.1, 0.15) is 29.7 Å². The molecule has 3 heteroatoms. The number of pyridine rings is 1. The summed E-state index contributed by atoms with van der Waals surface area (Å²) in [6.07, 6.45) is 1.26. The second kappa shape index (κ2) is 5.85. The minimum absolute atomic E-state index is 0.469. The topological polar surface area (TPSA) is 36.4 Å². The first-order valence-corrected chi connectivity index (χ1v) is 6.47. The molecular weight excluding hydrogens is 236 g/mol. The summed E-state index contributed by atoms with van der Waals surface area (Å²) >= 11 is 0. The van der Waals surface area contributed by atoms with Gasteiger partial charge in [-0.2, -0.15) is 0 Å². The number of aromatic nitrogens is 1. The molecule has 0 radical (unpaired) electrons. The number of aliphatic hydroxyl groups is 1. The van der Waals surface area contributed by atoms with E-state index in [2.05, 4.69) is 41.1 Å². The number of hydrogen-bond donors (Lipinski definition) is 1. The van der Waals surface area contributed by atoms with Crippen LogP contribution < -0.4 is 4.90 Å². The van der Waals surface area contributed by atoms with Gasteiger partial charge in [0.25, 0.3) is 0 Å². The maximum absolute atomic E-state index is 9.46. The van der Waals surface area contributed by atoms with E-state index in [1.165, 1.54) is 11.1 Å². The van der Waals surface area contributed by atoms with E-state index in [4.69, 9.17) is 0 Å². The molecule has 1 aromatic carbocycles. The number of rotatable bonds is 4. The van der Waals surface area contributed by atoms with Crippen LogP contribution in [0, 0.1) is 6.92 Å². The molecule has 0 saturated heterocycles. The van der Waals surface area contributed by atoms with Crippen LogP contribution in [0.25, 0.3) is 0 Å². The minimum Gasteiger partial charge on any atom is -0.389 e. The molecule has 0 saturated carbocycles. The normalized spacial score (nSPS) is 12.2. The molecule has 1 unspecified atom stereocenters. The second-order valence-corrected chi connectivity index (χ2v) is 4.97. The molecule has 2 rings (SSSR count). The molecule has 100 valence electrons. The van der Waals surface area contributed by atoms with Crippen LogP contribution in [-0.4, -0.2) is 17.1 Å². The molecule has 0 fully saturated rings. The molecule has 0 aliphatic heterocycles. The third-order valence-corrected chi connectivity index (χ3v) is 3.18. The molecular formula is C16H20N2O. The Bertz CT molecular complexity index is 517. The smallest absolute Gasteiger partial charge is 0.128 e. The van der Waals surface area contributed by atoms with Crippen molar-refractivity contribution in [1.29, 1.82) is 0 Å². The Morgan fingerprint density at radius 1 is 1.16 bits per heavy atom. The number of aryl methyl sites for hydroxylation is 1. The molecule has 0 bridgehead atoms. The molecule has 1 aromatic heterocycles. The van der Waals surface area contributed by atoms with E-state index >= 15 is 0 Å². The minimum atomic E-state index is -0.469. The molecule has 19 heavy (non-hydrogen) atoms. The summed E-state index contributed by atoms with van der Waals surface area (Å²) in [5, 5.41) is 9.46. The van der Waals surface area contributed by atoms with Crippen LogP contribution in [0.5, 0.6) is 0 Å². The highest BCUT2D eigenvalue weighted by molar-refractivity contribution is 5.40. The molecule has 1 atom stereocenters. The predicted molar refractivity (Wildman–Crippen MR) is 78.2 cm³/mol. The standard InChI is InChI=1S/C16H20N2O/c1-12-4-6-14(7-5-12)11-18(3)16-9-8-15(10-17-16)13(2)19/h4-10,13,19H,11H2,1-3H3. The summed E-state index contributed by atoms with van der Waals surface area (Å²) in [7, 11) is 2.02. The van der Waals surface area contributed by atoms with Crippen molar-refractivity contribution in [3.8, 4) is 0 Å². The predicted octanol–water partition coefficient (Wildman–Crippen LogP) is 3.08. The van der Waals surface area contributed by atoms with Gasteiger partial charge >= 0.3 is 0 Å². The van der Waals surface area contributed by atoms with E-state index in [0.717, 1.165) is 17.9 Å². The SMILES string of the molecule is Cc1ccc(CN(C)c2ccc(C(C)O)cn2)cc1. The van der Waals surface area contributed by atoms with Crippen molar-refractivity contribution >= 4 is 5.82 Å². The fraction of sp³-hybridized carbons (Fsp3) is 0.312. The molecule has 0 amide bonds. The van der Waals surface area contributed by atoms with Crippen LogP contribution >= 0.6 is 0 Å². The highest BCUT2D eigenvalue weighted by Crippen LogP contribution is 2.16. The summed E-state index contributed by atoms with van der Waals surface area (Å²) in [4.78, 5) is 6.47. The fourth-order valence-corrected chi connectivity index (χ4v) is 1.92. The zero-order valence-corrected chi connectivity index (χ0v) is 11.7. The van der Waals surface area contributed by atoms with Gasteiger partial charge in [0.1, 0.15) is 5.82 Å². The van der Waals surface area contributed by atoms with Gasteiger partial charge in [-0.1, -0.05) is 35.9 Å². The van der Waals surface area contributed by atoms with Crippen LogP contribution in [0.2, 0.25) is 0 Å². The maximum Gasteiger partial charge on any atom is 0.128 e. The van der Waals surface area contributed by atoms with E-state index in [1.54, 1.807) is 13.1 Å². The van der Waals surface area contributed by atoms with Gasteiger partial charge in [-0.15, -0.1) is 0 Å². The van der Waals surface area contributed by atoms with E-state index in [0.29, 0.717) is 0 Å². The molecule has 3 nitrogen and oxygen atoms in total. The highest BCUT2D eigenvalue weighted by Gasteiger charge is 2.05. The van der Waals surface area contributed by atoms with Crippen molar-refractivity contribution in [2.24, 2.45) is 0 Å².